The first kappa shape index (κ1) is 16.7. The van der Waals surface area contributed by atoms with Crippen LogP contribution in [0.3, 0.4) is 0 Å². The number of carbonyl (C=O) groups is 1. The van der Waals surface area contributed by atoms with E-state index in [1.165, 1.54) is 6.92 Å². The molecule has 0 saturated carbocycles. The van der Waals surface area contributed by atoms with E-state index in [0.29, 0.717) is 5.95 Å². The maximum Gasteiger partial charge on any atom is 0.229 e. The number of rotatable bonds is 5. The predicted molar refractivity (Wildman–Crippen MR) is 102 cm³/mol. The first-order chi connectivity index (χ1) is 12.0. The smallest absolute Gasteiger partial charge is 0.229 e. The number of fused-ring (bicyclic) bond motifs is 1. The summed E-state index contributed by atoms with van der Waals surface area (Å²) in [5.41, 5.74) is 2.39. The zero-order valence-electron chi connectivity index (χ0n) is 14.5. The monoisotopic (exact) mass is 335 g/mol. The van der Waals surface area contributed by atoms with Crippen molar-refractivity contribution < 1.29 is 4.79 Å². The van der Waals surface area contributed by atoms with E-state index < -0.39 is 0 Å². The summed E-state index contributed by atoms with van der Waals surface area (Å²) < 4.78 is 0. The Labute approximate surface area is 146 Å². The lowest BCUT2D eigenvalue weighted by atomic mass is 10.2. The van der Waals surface area contributed by atoms with Gasteiger partial charge in [-0.3, -0.25) is 4.79 Å². The molecule has 128 valence electrons. The average molecular weight is 335 g/mol. The van der Waals surface area contributed by atoms with Gasteiger partial charge in [-0.2, -0.15) is 4.98 Å². The number of amides is 1. The summed E-state index contributed by atoms with van der Waals surface area (Å²) >= 11 is 0. The molecule has 2 aromatic carbocycles. The molecule has 0 radical (unpaired) electrons. The van der Waals surface area contributed by atoms with Crippen molar-refractivity contribution in [3.8, 4) is 0 Å². The Morgan fingerprint density at radius 2 is 1.76 bits per heavy atom. The number of nitrogens with one attached hydrogen (secondary N) is 3. The Morgan fingerprint density at radius 1 is 1.00 bits per heavy atom. The van der Waals surface area contributed by atoms with Gasteiger partial charge in [-0.15, -0.1) is 0 Å². The fourth-order valence-corrected chi connectivity index (χ4v) is 2.52. The number of anilines is 4. The lowest BCUT2D eigenvalue weighted by Crippen LogP contribution is -2.12. The molecular formula is C19H21N5O. The number of hydrogen-bond donors (Lipinski definition) is 3. The van der Waals surface area contributed by atoms with Gasteiger partial charge in [0.25, 0.3) is 0 Å². The van der Waals surface area contributed by atoms with Gasteiger partial charge in [-0.1, -0.05) is 18.2 Å². The topological polar surface area (TPSA) is 78.9 Å². The van der Waals surface area contributed by atoms with Crippen molar-refractivity contribution in [3.05, 3.63) is 48.5 Å². The van der Waals surface area contributed by atoms with Crippen LogP contribution >= 0.6 is 0 Å². The van der Waals surface area contributed by atoms with Crippen LogP contribution in [0.5, 0.6) is 0 Å². The van der Waals surface area contributed by atoms with Gasteiger partial charge in [0.2, 0.25) is 11.9 Å². The van der Waals surface area contributed by atoms with Crippen molar-refractivity contribution >= 4 is 40.0 Å². The highest BCUT2D eigenvalue weighted by atomic mass is 16.1. The second kappa shape index (κ2) is 7.17. The molecule has 6 nitrogen and oxygen atoms in total. The molecule has 1 amide bonds. The summed E-state index contributed by atoms with van der Waals surface area (Å²) in [4.78, 5) is 20.4. The predicted octanol–water partition coefficient (Wildman–Crippen LogP) is 4.15. The minimum atomic E-state index is -0.109. The zero-order chi connectivity index (χ0) is 17.8. The van der Waals surface area contributed by atoms with Gasteiger partial charge in [0.15, 0.2) is 0 Å². The number of aromatic nitrogens is 2. The molecule has 6 heteroatoms. The normalized spacial score (nSPS) is 10.7. The Morgan fingerprint density at radius 3 is 2.52 bits per heavy atom. The molecule has 0 fully saturated rings. The molecule has 0 bridgehead atoms. The molecule has 25 heavy (non-hydrogen) atoms. The summed E-state index contributed by atoms with van der Waals surface area (Å²) in [6.45, 7) is 5.62. The Bertz CT molecular complexity index is 907. The minimum Gasteiger partial charge on any atom is -0.367 e. The maximum absolute atomic E-state index is 11.2. The van der Waals surface area contributed by atoms with Crippen molar-refractivity contribution in [2.45, 2.75) is 26.8 Å². The average Bonchev–Trinajstić information content (AvgIpc) is 2.54. The zero-order valence-corrected chi connectivity index (χ0v) is 14.5. The van der Waals surface area contributed by atoms with Crippen molar-refractivity contribution in [2.24, 2.45) is 0 Å². The highest BCUT2D eigenvalue weighted by Crippen LogP contribution is 2.25. The third kappa shape index (κ3) is 4.23. The fourth-order valence-electron chi connectivity index (χ4n) is 2.52. The molecule has 1 heterocycles. The fraction of sp³-hybridized carbons (Fsp3) is 0.211. The van der Waals surface area contributed by atoms with E-state index in [2.05, 4.69) is 39.8 Å². The summed E-state index contributed by atoms with van der Waals surface area (Å²) in [7, 11) is 0. The second-order valence-electron chi connectivity index (χ2n) is 6.10. The van der Waals surface area contributed by atoms with Crippen molar-refractivity contribution in [2.75, 3.05) is 16.0 Å². The van der Waals surface area contributed by atoms with E-state index in [1.54, 1.807) is 0 Å². The van der Waals surface area contributed by atoms with Crippen LogP contribution in [-0.4, -0.2) is 21.9 Å². The summed E-state index contributed by atoms with van der Waals surface area (Å²) in [5.74, 6) is 1.19. The van der Waals surface area contributed by atoms with Crippen molar-refractivity contribution in [1.82, 2.24) is 9.97 Å². The minimum absolute atomic E-state index is 0.109. The van der Waals surface area contributed by atoms with Crippen LogP contribution in [0.4, 0.5) is 23.1 Å². The van der Waals surface area contributed by atoms with Crippen LogP contribution < -0.4 is 16.0 Å². The molecule has 0 aliphatic heterocycles. The van der Waals surface area contributed by atoms with Gasteiger partial charge in [-0.25, -0.2) is 4.98 Å². The van der Waals surface area contributed by atoms with Gasteiger partial charge in [0.1, 0.15) is 5.82 Å². The van der Waals surface area contributed by atoms with Gasteiger partial charge in [0.05, 0.1) is 5.52 Å². The van der Waals surface area contributed by atoms with E-state index in [-0.39, 0.29) is 11.9 Å². The second-order valence-corrected chi connectivity index (χ2v) is 6.10. The Hall–Kier alpha value is -3.15. The molecule has 0 spiro atoms. The first-order valence-electron chi connectivity index (χ1n) is 8.19. The van der Waals surface area contributed by atoms with E-state index in [0.717, 1.165) is 28.1 Å². The molecule has 3 aromatic rings. The van der Waals surface area contributed by atoms with Crippen LogP contribution in [0.1, 0.15) is 20.8 Å². The van der Waals surface area contributed by atoms with Crippen molar-refractivity contribution in [1.29, 1.82) is 0 Å². The highest BCUT2D eigenvalue weighted by molar-refractivity contribution is 5.91. The summed E-state index contributed by atoms with van der Waals surface area (Å²) in [5, 5.41) is 10.3. The molecule has 0 atom stereocenters. The Kier molecular flexibility index (Phi) is 4.79. The summed E-state index contributed by atoms with van der Waals surface area (Å²) in [6, 6.07) is 15.6. The SMILES string of the molecule is CC(=O)Nc1cccc(Nc2nc(NC(C)C)c3ccccc3n2)c1. The van der Waals surface area contributed by atoms with E-state index in [4.69, 9.17) is 0 Å². The lowest BCUT2D eigenvalue weighted by Gasteiger charge is -2.14. The van der Waals surface area contributed by atoms with Gasteiger partial charge < -0.3 is 16.0 Å². The van der Waals surface area contributed by atoms with Crippen LogP contribution in [0.15, 0.2) is 48.5 Å². The highest BCUT2D eigenvalue weighted by Gasteiger charge is 2.09. The maximum atomic E-state index is 11.2. The number of nitrogens with zero attached hydrogens (tertiary/aromatic N) is 2. The van der Waals surface area contributed by atoms with E-state index >= 15 is 0 Å². The van der Waals surface area contributed by atoms with Crippen LogP contribution in [0.2, 0.25) is 0 Å². The number of hydrogen-bond acceptors (Lipinski definition) is 5. The number of benzene rings is 2. The molecule has 0 aliphatic carbocycles. The standard InChI is InChI=1S/C19H21N5O/c1-12(2)20-18-16-9-4-5-10-17(16)23-19(24-18)22-15-8-6-7-14(11-15)21-13(3)25/h4-12H,1-3H3,(H,21,25)(H2,20,22,23,24). The number of para-hydroxylation sites is 1. The van der Waals surface area contributed by atoms with E-state index in [1.807, 2.05) is 48.5 Å². The molecule has 1 aromatic heterocycles. The molecule has 3 rings (SSSR count). The van der Waals surface area contributed by atoms with Crippen molar-refractivity contribution in [3.63, 3.8) is 0 Å². The van der Waals surface area contributed by atoms with Crippen LogP contribution in [0, 0.1) is 0 Å². The van der Waals surface area contributed by atoms with Crippen LogP contribution in [0.25, 0.3) is 10.9 Å². The molecule has 0 aliphatic rings. The molecule has 3 N–H and O–H groups in total. The third-order valence-corrected chi connectivity index (χ3v) is 3.47. The molecule has 0 unspecified atom stereocenters. The lowest BCUT2D eigenvalue weighted by molar-refractivity contribution is -0.114. The third-order valence-electron chi connectivity index (χ3n) is 3.47. The van der Waals surface area contributed by atoms with Gasteiger partial charge in [-0.05, 0) is 44.2 Å². The molecule has 0 saturated heterocycles. The molecular weight excluding hydrogens is 314 g/mol. The Balaban J connectivity index is 1.94. The largest absolute Gasteiger partial charge is 0.367 e. The van der Waals surface area contributed by atoms with Gasteiger partial charge in [0, 0.05) is 29.7 Å². The number of carbonyl (C=O) groups excluding carboxylic acids is 1. The van der Waals surface area contributed by atoms with Crippen LogP contribution in [-0.2, 0) is 4.79 Å². The summed E-state index contributed by atoms with van der Waals surface area (Å²) in [6.07, 6.45) is 0. The van der Waals surface area contributed by atoms with Gasteiger partial charge >= 0.3 is 0 Å². The quantitative estimate of drug-likeness (QED) is 0.653. The van der Waals surface area contributed by atoms with E-state index in [9.17, 15) is 4.79 Å². The first-order valence-corrected chi connectivity index (χ1v) is 8.19.